The fraction of sp³-hybridized carbons (Fsp3) is 0.125. The molecular formula is C16H12Cl2S. The molecule has 3 heteroatoms. The lowest BCUT2D eigenvalue weighted by Crippen LogP contribution is -2.29. The van der Waals surface area contributed by atoms with Crippen molar-refractivity contribution in [2.75, 3.05) is 0 Å². The molecule has 1 aromatic heterocycles. The van der Waals surface area contributed by atoms with Crippen LogP contribution in [0.1, 0.15) is 16.0 Å². The Morgan fingerprint density at radius 1 is 1.16 bits per heavy atom. The fourth-order valence-electron chi connectivity index (χ4n) is 2.32. The summed E-state index contributed by atoms with van der Waals surface area (Å²) in [5.74, 6) is 0. The van der Waals surface area contributed by atoms with Gasteiger partial charge in [0.25, 0.3) is 0 Å². The average Bonchev–Trinajstić information content (AvgIpc) is 2.81. The lowest BCUT2D eigenvalue weighted by atomic mass is 9.78. The SMILES string of the molecule is C=C1C(c2ccccc2)=C(c2cc(C)cs2)C1(Cl)Cl. The first-order valence-electron chi connectivity index (χ1n) is 5.95. The highest BCUT2D eigenvalue weighted by Gasteiger charge is 2.47. The van der Waals surface area contributed by atoms with Gasteiger partial charge in [0.2, 0.25) is 0 Å². The molecule has 0 N–H and O–H groups in total. The molecular weight excluding hydrogens is 295 g/mol. The van der Waals surface area contributed by atoms with Gasteiger partial charge in [-0.2, -0.15) is 0 Å². The van der Waals surface area contributed by atoms with Crippen molar-refractivity contribution in [1.82, 2.24) is 0 Å². The number of benzene rings is 1. The summed E-state index contributed by atoms with van der Waals surface area (Å²) in [6.45, 7) is 6.11. The van der Waals surface area contributed by atoms with Gasteiger partial charge in [-0.1, -0.05) is 60.1 Å². The van der Waals surface area contributed by atoms with Gasteiger partial charge in [0.05, 0.1) is 0 Å². The number of hydrogen-bond donors (Lipinski definition) is 0. The van der Waals surface area contributed by atoms with Crippen molar-refractivity contribution in [3.63, 3.8) is 0 Å². The van der Waals surface area contributed by atoms with Crippen LogP contribution in [0.25, 0.3) is 11.1 Å². The van der Waals surface area contributed by atoms with Crippen molar-refractivity contribution in [2.24, 2.45) is 0 Å². The number of rotatable bonds is 2. The maximum Gasteiger partial charge on any atom is 0.170 e. The molecule has 0 spiro atoms. The molecule has 96 valence electrons. The van der Waals surface area contributed by atoms with Gasteiger partial charge in [-0.15, -0.1) is 11.3 Å². The Hall–Kier alpha value is -1.02. The minimum atomic E-state index is -0.970. The molecule has 0 fully saturated rings. The third-order valence-corrected chi connectivity index (χ3v) is 5.18. The van der Waals surface area contributed by atoms with Crippen LogP contribution in [0, 0.1) is 6.92 Å². The number of thiophene rings is 1. The summed E-state index contributed by atoms with van der Waals surface area (Å²) in [6.07, 6.45) is 0. The Labute approximate surface area is 127 Å². The van der Waals surface area contributed by atoms with E-state index in [4.69, 9.17) is 23.2 Å². The van der Waals surface area contributed by atoms with Crippen LogP contribution >= 0.6 is 34.5 Å². The fourth-order valence-corrected chi connectivity index (χ4v) is 4.02. The van der Waals surface area contributed by atoms with Crippen LogP contribution < -0.4 is 0 Å². The van der Waals surface area contributed by atoms with Crippen molar-refractivity contribution in [1.29, 1.82) is 0 Å². The molecule has 0 aliphatic heterocycles. The first-order chi connectivity index (χ1) is 9.01. The zero-order chi connectivity index (χ0) is 13.6. The van der Waals surface area contributed by atoms with E-state index >= 15 is 0 Å². The second-order valence-corrected chi connectivity index (χ2v) is 6.90. The minimum absolute atomic E-state index is 0.781. The summed E-state index contributed by atoms with van der Waals surface area (Å²) >= 11 is 14.5. The number of halogens is 2. The Morgan fingerprint density at radius 3 is 2.42 bits per heavy atom. The summed E-state index contributed by atoms with van der Waals surface area (Å²) in [6, 6.07) is 12.3. The van der Waals surface area contributed by atoms with E-state index in [-0.39, 0.29) is 0 Å². The van der Waals surface area contributed by atoms with Gasteiger partial charge in [0, 0.05) is 10.5 Å². The quantitative estimate of drug-likeness (QED) is 0.623. The molecule has 2 aromatic rings. The Kier molecular flexibility index (Phi) is 3.09. The highest BCUT2D eigenvalue weighted by atomic mass is 35.5. The molecule has 0 radical (unpaired) electrons. The molecule has 0 saturated heterocycles. The second-order valence-electron chi connectivity index (χ2n) is 4.66. The number of allylic oxidation sites excluding steroid dienone is 3. The standard InChI is InChI=1S/C16H12Cl2S/c1-10-8-13(19-9-10)15-14(11(2)16(15,17)18)12-6-4-3-5-7-12/h3-9H,2H2,1H3. The molecule has 1 heterocycles. The summed E-state index contributed by atoms with van der Waals surface area (Å²) in [4.78, 5) is 1.12. The van der Waals surface area contributed by atoms with Crippen LogP contribution in [-0.2, 0) is 0 Å². The molecule has 19 heavy (non-hydrogen) atoms. The van der Waals surface area contributed by atoms with Gasteiger partial charge in [-0.25, -0.2) is 0 Å². The van der Waals surface area contributed by atoms with E-state index in [2.05, 4.69) is 37.1 Å². The molecule has 1 aliphatic carbocycles. The van der Waals surface area contributed by atoms with Gasteiger partial charge < -0.3 is 0 Å². The lowest BCUT2D eigenvalue weighted by molar-refractivity contribution is 1.16. The third-order valence-electron chi connectivity index (χ3n) is 3.28. The molecule has 0 unspecified atom stereocenters. The van der Waals surface area contributed by atoms with E-state index < -0.39 is 4.33 Å². The van der Waals surface area contributed by atoms with E-state index in [0.717, 1.165) is 27.2 Å². The molecule has 1 aliphatic rings. The van der Waals surface area contributed by atoms with Gasteiger partial charge in [0.1, 0.15) is 0 Å². The van der Waals surface area contributed by atoms with Crippen molar-refractivity contribution >= 4 is 45.7 Å². The smallest absolute Gasteiger partial charge is 0.144 e. The van der Waals surface area contributed by atoms with Crippen LogP contribution in [0.2, 0.25) is 0 Å². The maximum atomic E-state index is 6.42. The van der Waals surface area contributed by atoms with Crippen molar-refractivity contribution in [3.05, 3.63) is 69.9 Å². The van der Waals surface area contributed by atoms with E-state index in [1.807, 2.05) is 18.2 Å². The van der Waals surface area contributed by atoms with Crippen LogP contribution in [0.3, 0.4) is 0 Å². The number of aryl methyl sites for hydroxylation is 1. The summed E-state index contributed by atoms with van der Waals surface area (Å²) < 4.78 is -0.970. The van der Waals surface area contributed by atoms with Crippen molar-refractivity contribution in [3.8, 4) is 0 Å². The van der Waals surface area contributed by atoms with Crippen LogP contribution in [0.15, 0.2) is 53.9 Å². The summed E-state index contributed by atoms with van der Waals surface area (Å²) in [5, 5.41) is 2.11. The first kappa shape index (κ1) is 13.0. The average molecular weight is 307 g/mol. The highest BCUT2D eigenvalue weighted by molar-refractivity contribution is 7.11. The van der Waals surface area contributed by atoms with E-state index in [9.17, 15) is 0 Å². The molecule has 0 bridgehead atoms. The molecule has 0 nitrogen and oxygen atoms in total. The summed E-state index contributed by atoms with van der Waals surface area (Å²) in [7, 11) is 0. The third kappa shape index (κ3) is 1.97. The lowest BCUT2D eigenvalue weighted by Gasteiger charge is -2.38. The van der Waals surface area contributed by atoms with Gasteiger partial charge >= 0.3 is 0 Å². The predicted octanol–water partition coefficient (Wildman–Crippen LogP) is 5.71. The van der Waals surface area contributed by atoms with Crippen LogP contribution in [-0.4, -0.2) is 4.33 Å². The molecule has 3 rings (SSSR count). The Bertz CT molecular complexity index is 678. The van der Waals surface area contributed by atoms with Gasteiger partial charge in [0.15, 0.2) is 4.33 Å². The van der Waals surface area contributed by atoms with Crippen molar-refractivity contribution in [2.45, 2.75) is 11.3 Å². The highest BCUT2D eigenvalue weighted by Crippen LogP contribution is 2.60. The van der Waals surface area contributed by atoms with Crippen LogP contribution in [0.5, 0.6) is 0 Å². The monoisotopic (exact) mass is 306 g/mol. The molecule has 0 amide bonds. The van der Waals surface area contributed by atoms with E-state index in [1.54, 1.807) is 11.3 Å². The normalized spacial score (nSPS) is 17.5. The number of hydrogen-bond acceptors (Lipinski definition) is 1. The van der Waals surface area contributed by atoms with E-state index in [1.165, 1.54) is 5.56 Å². The second kappa shape index (κ2) is 4.52. The molecule has 1 aromatic carbocycles. The topological polar surface area (TPSA) is 0 Å². The van der Waals surface area contributed by atoms with Gasteiger partial charge in [-0.3, -0.25) is 0 Å². The Balaban J connectivity index is 2.21. The van der Waals surface area contributed by atoms with E-state index in [0.29, 0.717) is 0 Å². The zero-order valence-electron chi connectivity index (χ0n) is 10.4. The molecule has 0 atom stereocenters. The van der Waals surface area contributed by atoms with Crippen LogP contribution in [0.4, 0.5) is 0 Å². The largest absolute Gasteiger partial charge is 0.170 e. The Morgan fingerprint density at radius 2 is 1.84 bits per heavy atom. The first-order valence-corrected chi connectivity index (χ1v) is 7.58. The zero-order valence-corrected chi connectivity index (χ0v) is 12.7. The van der Waals surface area contributed by atoms with Gasteiger partial charge in [-0.05, 0) is 40.6 Å². The predicted molar refractivity (Wildman–Crippen MR) is 85.9 cm³/mol. The number of alkyl halides is 2. The van der Waals surface area contributed by atoms with Crippen molar-refractivity contribution < 1.29 is 0 Å². The molecule has 0 saturated carbocycles. The maximum absolute atomic E-state index is 6.42. The minimum Gasteiger partial charge on any atom is -0.144 e. The summed E-state index contributed by atoms with van der Waals surface area (Å²) in [5.41, 5.74) is 5.17.